The average molecular weight is 612 g/mol. The molecule has 1 aromatic heterocycles. The molecule has 0 unspecified atom stereocenters. The van der Waals surface area contributed by atoms with E-state index < -0.39 is 100 Å². The minimum atomic E-state index is -4.95. The smallest absolute Gasteiger partial charge is 0.449 e. The number of nitrogens with one attached hydrogen (secondary N) is 1. The predicted molar refractivity (Wildman–Crippen MR) is 127 cm³/mol. The third kappa shape index (κ3) is 6.74. The summed E-state index contributed by atoms with van der Waals surface area (Å²) in [7, 11) is -3.40. The minimum Gasteiger partial charge on any atom is -0.465 e. The fraction of sp³-hybridized carbons (Fsp3) is 0.478. The topological polar surface area (TPSA) is 142 Å². The van der Waals surface area contributed by atoms with Crippen molar-refractivity contribution in [2.75, 3.05) is 31.1 Å². The van der Waals surface area contributed by atoms with Gasteiger partial charge >= 0.3 is 12.3 Å². The van der Waals surface area contributed by atoms with E-state index >= 15 is 0 Å². The molecular weight excluding hydrogens is 588 g/mol. The Morgan fingerprint density at radius 1 is 0.976 bits per heavy atom. The van der Waals surface area contributed by atoms with Crippen LogP contribution in [0.1, 0.15) is 34.0 Å². The first-order valence-corrected chi connectivity index (χ1v) is 13.9. The second kappa shape index (κ2) is 11.2. The highest BCUT2D eigenvalue weighted by Crippen LogP contribution is 2.33. The van der Waals surface area contributed by atoms with Gasteiger partial charge in [-0.25, -0.2) is 31.4 Å². The second-order valence-corrected chi connectivity index (χ2v) is 11.9. The van der Waals surface area contributed by atoms with Gasteiger partial charge in [0.15, 0.2) is 27.2 Å². The first kappa shape index (κ1) is 30.1. The third-order valence-corrected chi connectivity index (χ3v) is 8.36. The molecule has 2 aliphatic rings. The number of carboxylic acid groups (broad SMARTS) is 1. The summed E-state index contributed by atoms with van der Waals surface area (Å²) in [6, 6.07) is -0.536. The largest absolute Gasteiger partial charge is 0.465 e. The van der Waals surface area contributed by atoms with E-state index in [1.54, 1.807) is 0 Å². The Morgan fingerprint density at radius 2 is 1.61 bits per heavy atom. The van der Waals surface area contributed by atoms with Crippen LogP contribution in [0.3, 0.4) is 0 Å². The molecule has 2 N–H and O–H groups in total. The van der Waals surface area contributed by atoms with Gasteiger partial charge in [0.05, 0.1) is 23.7 Å². The van der Waals surface area contributed by atoms with Crippen LogP contribution in [-0.4, -0.2) is 88.0 Å². The van der Waals surface area contributed by atoms with E-state index in [4.69, 9.17) is 5.11 Å². The van der Waals surface area contributed by atoms with Crippen LogP contribution < -0.4 is 5.32 Å². The molecule has 0 radical (unpaired) electrons. The molecule has 0 spiro atoms. The SMILES string of the molecule is O=C(O)N[C@@H](CC(=O)N1CCn2c(C(F)(F)F)nc(C(=O)N3CCS(=O)(=O)CC3)c2C1)Cc1cc(F)c(F)cc1F. The van der Waals surface area contributed by atoms with Gasteiger partial charge < -0.3 is 24.8 Å². The minimum absolute atomic E-state index is 0.246. The lowest BCUT2D eigenvalue weighted by Gasteiger charge is -2.31. The number of carbonyl (C=O) groups is 3. The molecule has 0 saturated carbocycles. The van der Waals surface area contributed by atoms with Gasteiger partial charge in [-0.1, -0.05) is 0 Å². The Kier molecular flexibility index (Phi) is 8.24. The van der Waals surface area contributed by atoms with Crippen molar-refractivity contribution in [1.82, 2.24) is 24.7 Å². The van der Waals surface area contributed by atoms with Crippen molar-refractivity contribution < 1.29 is 54.3 Å². The fourth-order valence-electron chi connectivity index (χ4n) is 4.71. The van der Waals surface area contributed by atoms with Crippen molar-refractivity contribution in [2.24, 2.45) is 0 Å². The monoisotopic (exact) mass is 611 g/mol. The van der Waals surface area contributed by atoms with Crippen LogP contribution in [0, 0.1) is 17.5 Å². The van der Waals surface area contributed by atoms with E-state index in [0.717, 1.165) is 14.4 Å². The average Bonchev–Trinajstić information content (AvgIpc) is 3.26. The number of imidazole rings is 1. The first-order valence-electron chi connectivity index (χ1n) is 12.1. The summed E-state index contributed by atoms with van der Waals surface area (Å²) in [5.74, 6) is -7.87. The van der Waals surface area contributed by atoms with Gasteiger partial charge in [-0.05, 0) is 18.1 Å². The maximum absolute atomic E-state index is 14.2. The molecule has 0 aliphatic carbocycles. The summed E-state index contributed by atoms with van der Waals surface area (Å²) in [4.78, 5) is 43.1. The third-order valence-electron chi connectivity index (χ3n) is 6.75. The Balaban J connectivity index is 1.57. The maximum Gasteiger partial charge on any atom is 0.449 e. The number of rotatable bonds is 6. The number of fused-ring (bicyclic) bond motifs is 1. The second-order valence-electron chi connectivity index (χ2n) is 9.55. The van der Waals surface area contributed by atoms with Crippen molar-refractivity contribution in [2.45, 2.75) is 38.1 Å². The molecule has 2 aliphatic heterocycles. The molecule has 1 atom stereocenters. The van der Waals surface area contributed by atoms with Gasteiger partial charge in [0, 0.05) is 44.7 Å². The summed E-state index contributed by atoms with van der Waals surface area (Å²) in [6.45, 7) is -1.71. The summed E-state index contributed by atoms with van der Waals surface area (Å²) in [6.07, 6.45) is -7.73. The molecule has 3 amide bonds. The van der Waals surface area contributed by atoms with Crippen LogP contribution in [0.4, 0.5) is 31.1 Å². The predicted octanol–water partition coefficient (Wildman–Crippen LogP) is 1.80. The summed E-state index contributed by atoms with van der Waals surface area (Å²) < 4.78 is 106. The highest BCUT2D eigenvalue weighted by Gasteiger charge is 2.43. The first-order chi connectivity index (χ1) is 19.1. The van der Waals surface area contributed by atoms with Crippen molar-refractivity contribution in [1.29, 1.82) is 0 Å². The normalized spacial score (nSPS) is 17.6. The van der Waals surface area contributed by atoms with Crippen molar-refractivity contribution in [3.63, 3.8) is 0 Å². The number of sulfone groups is 1. The molecule has 41 heavy (non-hydrogen) atoms. The van der Waals surface area contributed by atoms with E-state index in [9.17, 15) is 49.1 Å². The zero-order valence-corrected chi connectivity index (χ0v) is 21.9. The molecule has 1 aromatic carbocycles. The van der Waals surface area contributed by atoms with Crippen LogP contribution in [0.2, 0.25) is 0 Å². The van der Waals surface area contributed by atoms with E-state index in [0.29, 0.717) is 6.07 Å². The lowest BCUT2D eigenvalue weighted by atomic mass is 10.0. The Hall–Kier alpha value is -3.83. The zero-order valence-electron chi connectivity index (χ0n) is 21.0. The van der Waals surface area contributed by atoms with E-state index in [2.05, 4.69) is 4.98 Å². The molecule has 2 aromatic rings. The van der Waals surface area contributed by atoms with Crippen LogP contribution >= 0.6 is 0 Å². The zero-order chi connectivity index (χ0) is 30.3. The van der Waals surface area contributed by atoms with Crippen LogP contribution in [0.5, 0.6) is 0 Å². The van der Waals surface area contributed by atoms with E-state index in [1.807, 2.05) is 5.32 Å². The van der Waals surface area contributed by atoms with Gasteiger partial charge in [0.2, 0.25) is 11.7 Å². The molecule has 3 heterocycles. The van der Waals surface area contributed by atoms with E-state index in [1.165, 1.54) is 0 Å². The van der Waals surface area contributed by atoms with Gasteiger partial charge in [-0.3, -0.25) is 9.59 Å². The number of halogens is 6. The number of benzene rings is 1. The maximum atomic E-state index is 14.2. The van der Waals surface area contributed by atoms with E-state index in [-0.39, 0.29) is 42.9 Å². The number of hydrogen-bond donors (Lipinski definition) is 2. The summed E-state index contributed by atoms with van der Waals surface area (Å²) in [5.41, 5.74) is -1.26. The van der Waals surface area contributed by atoms with Crippen molar-refractivity contribution >= 4 is 27.7 Å². The number of amides is 3. The molecule has 0 bridgehead atoms. The standard InChI is InChI=1S/C23H23F6N5O6S/c24-14-10-16(26)15(25)8-12(14)7-13(30-22(37)38)9-18(35)33-1-2-34-17(11-33)19(31-21(34)23(27,28)29)20(36)32-3-5-41(39,40)6-4-32/h8,10,13,30H,1-7,9,11H2,(H,37,38)/t13-/m1/s1. The van der Waals surface area contributed by atoms with Gasteiger partial charge in [0.25, 0.3) is 5.91 Å². The molecule has 11 nitrogen and oxygen atoms in total. The lowest BCUT2D eigenvalue weighted by molar-refractivity contribution is -0.148. The molecular formula is C23H23F6N5O6S. The fourth-order valence-corrected chi connectivity index (χ4v) is 5.91. The van der Waals surface area contributed by atoms with Crippen LogP contribution in [-0.2, 0) is 40.3 Å². The highest BCUT2D eigenvalue weighted by atomic mass is 32.2. The van der Waals surface area contributed by atoms with Crippen LogP contribution in [0.25, 0.3) is 0 Å². The van der Waals surface area contributed by atoms with Crippen molar-refractivity contribution in [3.8, 4) is 0 Å². The van der Waals surface area contributed by atoms with Crippen LogP contribution in [0.15, 0.2) is 12.1 Å². The number of alkyl halides is 3. The lowest BCUT2D eigenvalue weighted by Crippen LogP contribution is -2.46. The highest BCUT2D eigenvalue weighted by molar-refractivity contribution is 7.91. The van der Waals surface area contributed by atoms with Gasteiger partial charge in [-0.15, -0.1) is 0 Å². The van der Waals surface area contributed by atoms with Crippen molar-refractivity contribution in [3.05, 3.63) is 52.4 Å². The molecule has 1 saturated heterocycles. The quantitative estimate of drug-likeness (QED) is 0.375. The summed E-state index contributed by atoms with van der Waals surface area (Å²) in [5, 5.41) is 11.1. The van der Waals surface area contributed by atoms with Gasteiger partial charge in [-0.2, -0.15) is 13.2 Å². The summed E-state index contributed by atoms with van der Waals surface area (Å²) >= 11 is 0. The molecule has 224 valence electrons. The van der Waals surface area contributed by atoms with Gasteiger partial charge in [0.1, 0.15) is 5.82 Å². The Bertz CT molecular complexity index is 1480. The number of nitrogens with zero attached hydrogens (tertiary/aromatic N) is 4. The Morgan fingerprint density at radius 3 is 2.22 bits per heavy atom. The molecule has 4 rings (SSSR count). The Labute approximate surface area is 228 Å². The number of hydrogen-bond acceptors (Lipinski definition) is 6. The molecule has 18 heteroatoms. The number of aromatic nitrogens is 2. The number of carbonyl (C=O) groups excluding carboxylic acids is 2. The molecule has 1 fully saturated rings.